The fourth-order valence-electron chi connectivity index (χ4n) is 3.21. The zero-order valence-electron chi connectivity index (χ0n) is 17.2. The molecule has 0 N–H and O–H groups in total. The number of rotatable bonds is 8. The Morgan fingerprint density at radius 1 is 0.968 bits per heavy atom. The van der Waals surface area contributed by atoms with E-state index in [1.807, 2.05) is 60.7 Å². The van der Waals surface area contributed by atoms with Crippen LogP contribution in [0.3, 0.4) is 0 Å². The van der Waals surface area contributed by atoms with E-state index >= 15 is 0 Å². The van der Waals surface area contributed by atoms with Crippen molar-refractivity contribution in [1.82, 2.24) is 0 Å². The Kier molecular flexibility index (Phi) is 7.60. The van der Waals surface area contributed by atoms with Crippen molar-refractivity contribution in [3.8, 4) is 0 Å². The zero-order valence-corrected chi connectivity index (χ0v) is 17.2. The standard InChI is InChI=1S/C26H23FN2O2/c1-3-17-28-24(21-15-10-16-22(27)18-21)25(26(30)31-2)29-23(19-11-6-4-7-12-19)20-13-8-5-9-14-20/h3-18,24-25H,1H2,2H3/t24-,25+/m1/s1. The van der Waals surface area contributed by atoms with E-state index in [-0.39, 0.29) is 0 Å². The summed E-state index contributed by atoms with van der Waals surface area (Å²) in [6.07, 6.45) is 2.98. The largest absolute Gasteiger partial charge is 0.467 e. The summed E-state index contributed by atoms with van der Waals surface area (Å²) in [6.45, 7) is 3.65. The highest BCUT2D eigenvalue weighted by Gasteiger charge is 2.31. The second-order valence-corrected chi connectivity index (χ2v) is 6.71. The van der Waals surface area contributed by atoms with Crippen molar-refractivity contribution in [2.24, 2.45) is 9.98 Å². The number of carbonyl (C=O) groups excluding carboxylic acids is 1. The molecule has 0 saturated heterocycles. The smallest absolute Gasteiger partial charge is 0.333 e. The van der Waals surface area contributed by atoms with Gasteiger partial charge in [-0.05, 0) is 17.7 Å². The van der Waals surface area contributed by atoms with Gasteiger partial charge >= 0.3 is 5.97 Å². The molecule has 3 aromatic rings. The molecule has 4 nitrogen and oxygen atoms in total. The summed E-state index contributed by atoms with van der Waals surface area (Å²) >= 11 is 0. The number of aliphatic imine (C=N–C) groups is 2. The average Bonchev–Trinajstić information content (AvgIpc) is 2.82. The van der Waals surface area contributed by atoms with Crippen molar-refractivity contribution in [3.63, 3.8) is 0 Å². The van der Waals surface area contributed by atoms with Gasteiger partial charge in [-0.15, -0.1) is 0 Å². The van der Waals surface area contributed by atoms with Crippen LogP contribution in [0.15, 0.2) is 108 Å². The first-order valence-electron chi connectivity index (χ1n) is 9.80. The van der Waals surface area contributed by atoms with Gasteiger partial charge in [-0.25, -0.2) is 9.18 Å². The normalized spacial score (nSPS) is 12.7. The number of benzene rings is 3. The number of hydrogen-bond donors (Lipinski definition) is 0. The molecule has 0 unspecified atom stereocenters. The summed E-state index contributed by atoms with van der Waals surface area (Å²) in [6, 6.07) is 23.3. The van der Waals surface area contributed by atoms with E-state index in [1.165, 1.54) is 31.5 Å². The quantitative estimate of drug-likeness (QED) is 0.376. The minimum Gasteiger partial charge on any atom is -0.467 e. The number of methoxy groups -OCH3 is 1. The topological polar surface area (TPSA) is 51.0 Å². The van der Waals surface area contributed by atoms with Gasteiger partial charge in [-0.2, -0.15) is 0 Å². The Morgan fingerprint density at radius 2 is 1.58 bits per heavy atom. The van der Waals surface area contributed by atoms with Gasteiger partial charge in [0.1, 0.15) is 11.9 Å². The predicted molar refractivity (Wildman–Crippen MR) is 122 cm³/mol. The molecule has 0 radical (unpaired) electrons. The lowest BCUT2D eigenvalue weighted by Gasteiger charge is -2.21. The van der Waals surface area contributed by atoms with Crippen LogP contribution in [0.1, 0.15) is 22.7 Å². The van der Waals surface area contributed by atoms with Crippen LogP contribution in [-0.4, -0.2) is 31.0 Å². The minimum absolute atomic E-state index is 0.421. The van der Waals surface area contributed by atoms with E-state index in [9.17, 15) is 9.18 Å². The summed E-state index contributed by atoms with van der Waals surface area (Å²) in [7, 11) is 1.30. The molecule has 0 fully saturated rings. The Labute approximate surface area is 181 Å². The molecule has 2 atom stereocenters. The lowest BCUT2D eigenvalue weighted by atomic mass is 9.97. The molecule has 0 aliphatic rings. The first-order valence-corrected chi connectivity index (χ1v) is 9.80. The highest BCUT2D eigenvalue weighted by atomic mass is 19.1. The Morgan fingerprint density at radius 3 is 2.10 bits per heavy atom. The molecular weight excluding hydrogens is 391 g/mol. The summed E-state index contributed by atoms with van der Waals surface area (Å²) in [4.78, 5) is 22.1. The van der Waals surface area contributed by atoms with Crippen LogP contribution in [0.4, 0.5) is 4.39 Å². The van der Waals surface area contributed by atoms with Gasteiger partial charge in [0.25, 0.3) is 0 Å². The van der Waals surface area contributed by atoms with Crippen molar-refractivity contribution in [1.29, 1.82) is 0 Å². The second-order valence-electron chi connectivity index (χ2n) is 6.71. The first-order chi connectivity index (χ1) is 15.1. The number of ether oxygens (including phenoxy) is 1. The maximum Gasteiger partial charge on any atom is 0.333 e. The van der Waals surface area contributed by atoms with E-state index in [0.717, 1.165) is 11.1 Å². The van der Waals surface area contributed by atoms with E-state index < -0.39 is 23.9 Å². The highest BCUT2D eigenvalue weighted by Crippen LogP contribution is 2.27. The molecule has 0 heterocycles. The van der Waals surface area contributed by atoms with Crippen molar-refractivity contribution in [2.45, 2.75) is 12.1 Å². The van der Waals surface area contributed by atoms with E-state index in [0.29, 0.717) is 11.3 Å². The lowest BCUT2D eigenvalue weighted by molar-refractivity contribution is -0.142. The van der Waals surface area contributed by atoms with Crippen molar-refractivity contribution >= 4 is 17.9 Å². The van der Waals surface area contributed by atoms with Crippen LogP contribution >= 0.6 is 0 Å². The van der Waals surface area contributed by atoms with Gasteiger partial charge < -0.3 is 4.74 Å². The van der Waals surface area contributed by atoms with Crippen LogP contribution in [0.5, 0.6) is 0 Å². The molecule has 156 valence electrons. The number of hydrogen-bond acceptors (Lipinski definition) is 4. The monoisotopic (exact) mass is 414 g/mol. The van der Waals surface area contributed by atoms with E-state index in [2.05, 4.69) is 11.6 Å². The highest BCUT2D eigenvalue weighted by molar-refractivity contribution is 6.13. The van der Waals surface area contributed by atoms with Crippen molar-refractivity contribution < 1.29 is 13.9 Å². The van der Waals surface area contributed by atoms with Crippen molar-refractivity contribution in [3.05, 3.63) is 120 Å². The molecule has 0 saturated carbocycles. The molecule has 0 aliphatic heterocycles. The molecule has 0 aliphatic carbocycles. The third-order valence-electron chi connectivity index (χ3n) is 4.65. The SMILES string of the molecule is C=CC=N[C@H](c1cccc(F)c1)[C@H](N=C(c1ccccc1)c1ccccc1)C(=O)OC. The molecule has 3 aromatic carbocycles. The van der Waals surface area contributed by atoms with Crippen LogP contribution in [0.25, 0.3) is 0 Å². The lowest BCUT2D eigenvalue weighted by Crippen LogP contribution is -2.29. The maximum atomic E-state index is 14.0. The molecule has 0 spiro atoms. The van der Waals surface area contributed by atoms with Gasteiger partial charge in [0.2, 0.25) is 0 Å². The first kappa shape index (κ1) is 21.8. The molecule has 3 rings (SSSR count). The predicted octanol–water partition coefficient (Wildman–Crippen LogP) is 5.20. The molecular formula is C26H23FN2O2. The number of allylic oxidation sites excluding steroid dienone is 1. The van der Waals surface area contributed by atoms with E-state index in [4.69, 9.17) is 9.73 Å². The number of nitrogens with zero attached hydrogens (tertiary/aromatic N) is 2. The maximum absolute atomic E-state index is 14.0. The summed E-state index contributed by atoms with van der Waals surface area (Å²) in [5, 5.41) is 0. The summed E-state index contributed by atoms with van der Waals surface area (Å²) in [5.41, 5.74) is 2.81. The Balaban J connectivity index is 2.20. The van der Waals surface area contributed by atoms with Gasteiger partial charge in [0, 0.05) is 17.3 Å². The summed E-state index contributed by atoms with van der Waals surface area (Å²) < 4.78 is 19.0. The zero-order chi connectivity index (χ0) is 22.1. The average molecular weight is 414 g/mol. The van der Waals surface area contributed by atoms with Gasteiger partial charge in [0.05, 0.1) is 12.8 Å². The molecule has 0 amide bonds. The molecule has 5 heteroatoms. The second kappa shape index (κ2) is 10.8. The fourth-order valence-corrected chi connectivity index (χ4v) is 3.21. The third kappa shape index (κ3) is 5.60. The molecule has 31 heavy (non-hydrogen) atoms. The van der Waals surface area contributed by atoms with Crippen LogP contribution in [0, 0.1) is 5.82 Å². The molecule has 0 aromatic heterocycles. The summed E-state index contributed by atoms with van der Waals surface area (Å²) in [5.74, 6) is -0.991. The molecule has 0 bridgehead atoms. The third-order valence-corrected chi connectivity index (χ3v) is 4.65. The van der Waals surface area contributed by atoms with Gasteiger partial charge in [-0.3, -0.25) is 9.98 Å². The van der Waals surface area contributed by atoms with Crippen LogP contribution in [0.2, 0.25) is 0 Å². The van der Waals surface area contributed by atoms with Gasteiger partial charge in [0.15, 0.2) is 6.04 Å². The Bertz CT molecular complexity index is 1040. The number of esters is 1. The minimum atomic E-state index is -1.03. The number of carbonyl (C=O) groups is 1. The Hall–Kier alpha value is -3.86. The van der Waals surface area contributed by atoms with Crippen LogP contribution in [-0.2, 0) is 9.53 Å². The van der Waals surface area contributed by atoms with E-state index in [1.54, 1.807) is 12.1 Å². The van der Waals surface area contributed by atoms with Crippen molar-refractivity contribution in [2.75, 3.05) is 7.11 Å². The van der Waals surface area contributed by atoms with Gasteiger partial charge in [-0.1, -0.05) is 85.5 Å². The number of halogens is 1. The van der Waals surface area contributed by atoms with Crippen LogP contribution < -0.4 is 0 Å². The fraction of sp³-hybridized carbons (Fsp3) is 0.115.